The van der Waals surface area contributed by atoms with E-state index in [0.717, 1.165) is 0 Å². The van der Waals surface area contributed by atoms with Gasteiger partial charge >= 0.3 is 0 Å². The van der Waals surface area contributed by atoms with Crippen LogP contribution in [-0.4, -0.2) is 27.5 Å². The molecule has 0 heterocycles. The number of benzene rings is 2. The van der Waals surface area contributed by atoms with Crippen LogP contribution in [0.15, 0.2) is 41.3 Å². The number of anilines is 1. The first-order valence-electron chi connectivity index (χ1n) is 7.26. The normalized spacial score (nSPS) is 12.5. The summed E-state index contributed by atoms with van der Waals surface area (Å²) in [6.45, 7) is 1.41. The first kappa shape index (κ1) is 20.8. The summed E-state index contributed by atoms with van der Waals surface area (Å²) in [4.78, 5) is 12.1. The number of carbonyl (C=O) groups is 1. The predicted octanol–water partition coefficient (Wildman–Crippen LogP) is 3.96. The zero-order chi connectivity index (χ0) is 19.5. The van der Waals surface area contributed by atoms with Crippen LogP contribution in [0.5, 0.6) is 5.75 Å². The van der Waals surface area contributed by atoms with E-state index in [4.69, 9.17) is 39.5 Å². The van der Waals surface area contributed by atoms with Crippen LogP contribution in [-0.2, 0) is 14.8 Å². The molecule has 140 valence electrons. The molecule has 0 fully saturated rings. The molecular formula is C16H15Cl3N2O4S. The van der Waals surface area contributed by atoms with Gasteiger partial charge < -0.3 is 10.1 Å². The topological polar surface area (TPSA) is 84.5 Å². The van der Waals surface area contributed by atoms with Gasteiger partial charge in [0.1, 0.15) is 5.75 Å². The highest BCUT2D eigenvalue weighted by atomic mass is 35.5. The van der Waals surface area contributed by atoms with Crippen molar-refractivity contribution in [2.24, 2.45) is 0 Å². The fraction of sp³-hybridized carbons (Fsp3) is 0.188. The van der Waals surface area contributed by atoms with Crippen LogP contribution in [0, 0.1) is 0 Å². The van der Waals surface area contributed by atoms with Gasteiger partial charge in [-0.1, -0.05) is 34.8 Å². The standard InChI is InChI=1S/C16H15Cl3N2O4S/c1-9(16(22)20-10-3-5-12(17)13(18)7-10)21-26(23,24)11-4-6-15(25-2)14(19)8-11/h3-9,21H,1-2H3,(H,20,22). The first-order chi connectivity index (χ1) is 12.1. The molecule has 2 aromatic carbocycles. The Morgan fingerprint density at radius 3 is 2.31 bits per heavy atom. The van der Waals surface area contributed by atoms with Gasteiger partial charge in [0, 0.05) is 5.69 Å². The van der Waals surface area contributed by atoms with Crippen molar-refractivity contribution >= 4 is 56.4 Å². The Balaban J connectivity index is 2.11. The van der Waals surface area contributed by atoms with Gasteiger partial charge in [-0.2, -0.15) is 4.72 Å². The molecule has 1 atom stereocenters. The van der Waals surface area contributed by atoms with Gasteiger partial charge in [-0.05, 0) is 43.3 Å². The Morgan fingerprint density at radius 1 is 1.04 bits per heavy atom. The average molecular weight is 438 g/mol. The minimum Gasteiger partial charge on any atom is -0.495 e. The fourth-order valence-electron chi connectivity index (χ4n) is 1.99. The predicted molar refractivity (Wildman–Crippen MR) is 103 cm³/mol. The van der Waals surface area contributed by atoms with Gasteiger partial charge in [0.2, 0.25) is 15.9 Å². The molecule has 0 aromatic heterocycles. The number of halogens is 3. The summed E-state index contributed by atoms with van der Waals surface area (Å²) in [6, 6.07) is 7.49. The maximum atomic E-state index is 12.4. The highest BCUT2D eigenvalue weighted by Gasteiger charge is 2.23. The Hall–Kier alpha value is -1.51. The Morgan fingerprint density at radius 2 is 1.73 bits per heavy atom. The first-order valence-corrected chi connectivity index (χ1v) is 9.87. The smallest absolute Gasteiger partial charge is 0.242 e. The number of methoxy groups -OCH3 is 1. The minimum atomic E-state index is -3.96. The van der Waals surface area contributed by atoms with E-state index in [1.807, 2.05) is 0 Å². The molecule has 1 unspecified atom stereocenters. The van der Waals surface area contributed by atoms with Crippen molar-refractivity contribution in [3.63, 3.8) is 0 Å². The third kappa shape index (κ3) is 5.02. The summed E-state index contributed by atoms with van der Waals surface area (Å²) in [7, 11) is -2.54. The number of rotatable bonds is 6. The third-order valence-corrected chi connectivity index (χ3v) is 5.92. The van der Waals surface area contributed by atoms with Crippen molar-refractivity contribution in [2.75, 3.05) is 12.4 Å². The lowest BCUT2D eigenvalue weighted by molar-refractivity contribution is -0.117. The van der Waals surface area contributed by atoms with E-state index in [9.17, 15) is 13.2 Å². The SMILES string of the molecule is COc1ccc(S(=O)(=O)NC(C)C(=O)Nc2ccc(Cl)c(Cl)c2)cc1Cl. The van der Waals surface area contributed by atoms with Crippen molar-refractivity contribution in [2.45, 2.75) is 17.9 Å². The van der Waals surface area contributed by atoms with Crippen LogP contribution in [0.1, 0.15) is 6.92 Å². The van der Waals surface area contributed by atoms with Crippen molar-refractivity contribution in [3.8, 4) is 5.75 Å². The quantitative estimate of drug-likeness (QED) is 0.716. The van der Waals surface area contributed by atoms with Gasteiger partial charge in [0.15, 0.2) is 0 Å². The molecule has 10 heteroatoms. The third-order valence-electron chi connectivity index (χ3n) is 3.35. The van der Waals surface area contributed by atoms with Crippen LogP contribution >= 0.6 is 34.8 Å². The molecule has 0 saturated carbocycles. The Labute approximate surface area is 166 Å². The van der Waals surface area contributed by atoms with Crippen molar-refractivity contribution < 1.29 is 17.9 Å². The molecule has 0 aliphatic rings. The highest BCUT2D eigenvalue weighted by Crippen LogP contribution is 2.27. The maximum absolute atomic E-state index is 12.4. The molecule has 0 saturated heterocycles. The number of ether oxygens (including phenoxy) is 1. The summed E-state index contributed by atoms with van der Waals surface area (Å²) in [5.74, 6) is -0.220. The van der Waals surface area contributed by atoms with E-state index >= 15 is 0 Å². The lowest BCUT2D eigenvalue weighted by Crippen LogP contribution is -2.41. The van der Waals surface area contributed by atoms with E-state index in [2.05, 4.69) is 10.0 Å². The molecule has 2 aromatic rings. The molecule has 0 spiro atoms. The van der Waals surface area contributed by atoms with Crippen molar-refractivity contribution in [3.05, 3.63) is 51.5 Å². The zero-order valence-corrected chi connectivity index (χ0v) is 16.8. The van der Waals surface area contributed by atoms with Gasteiger partial charge in [0.25, 0.3) is 0 Å². The van der Waals surface area contributed by atoms with Gasteiger partial charge in [0.05, 0.1) is 33.1 Å². The molecule has 26 heavy (non-hydrogen) atoms. The number of carbonyl (C=O) groups excluding carboxylic acids is 1. The molecule has 0 aliphatic heterocycles. The highest BCUT2D eigenvalue weighted by molar-refractivity contribution is 7.89. The Kier molecular flexibility index (Phi) is 6.76. The van der Waals surface area contributed by atoms with Gasteiger partial charge in [-0.3, -0.25) is 4.79 Å². The average Bonchev–Trinajstić information content (AvgIpc) is 2.57. The molecule has 2 rings (SSSR count). The number of hydrogen-bond acceptors (Lipinski definition) is 4. The summed E-state index contributed by atoms with van der Waals surface area (Å²) < 4.78 is 32.1. The van der Waals surface area contributed by atoms with Gasteiger partial charge in [-0.25, -0.2) is 8.42 Å². The van der Waals surface area contributed by atoms with Crippen LogP contribution in [0.25, 0.3) is 0 Å². The summed E-state index contributed by atoms with van der Waals surface area (Å²) in [6.07, 6.45) is 0. The van der Waals surface area contributed by atoms with Gasteiger partial charge in [-0.15, -0.1) is 0 Å². The molecule has 6 nitrogen and oxygen atoms in total. The Bertz CT molecular complexity index is 935. The minimum absolute atomic E-state index is 0.0857. The van der Waals surface area contributed by atoms with Crippen molar-refractivity contribution in [1.29, 1.82) is 0 Å². The molecule has 0 bridgehead atoms. The summed E-state index contributed by atoms with van der Waals surface area (Å²) in [5.41, 5.74) is 0.392. The molecular weight excluding hydrogens is 423 g/mol. The lowest BCUT2D eigenvalue weighted by Gasteiger charge is -2.15. The van der Waals surface area contributed by atoms with E-state index < -0.39 is 22.0 Å². The maximum Gasteiger partial charge on any atom is 0.242 e. The molecule has 2 N–H and O–H groups in total. The second-order valence-corrected chi connectivity index (χ2v) is 8.19. The molecule has 0 aliphatic carbocycles. The molecule has 1 amide bonds. The van der Waals surface area contributed by atoms with Crippen LogP contribution in [0.3, 0.4) is 0 Å². The number of nitrogens with one attached hydrogen (secondary N) is 2. The monoisotopic (exact) mass is 436 g/mol. The van der Waals surface area contributed by atoms with Crippen molar-refractivity contribution in [1.82, 2.24) is 4.72 Å². The second kappa shape index (κ2) is 8.45. The summed E-state index contributed by atoms with van der Waals surface area (Å²) in [5, 5.41) is 3.31. The van der Waals surface area contributed by atoms with E-state index in [-0.39, 0.29) is 14.9 Å². The second-order valence-electron chi connectivity index (χ2n) is 5.26. The van der Waals surface area contributed by atoms with Crippen LogP contribution in [0.4, 0.5) is 5.69 Å². The largest absolute Gasteiger partial charge is 0.495 e. The van der Waals surface area contributed by atoms with E-state index in [1.165, 1.54) is 44.4 Å². The van der Waals surface area contributed by atoms with Crippen LogP contribution < -0.4 is 14.8 Å². The number of amides is 1. The summed E-state index contributed by atoms with van der Waals surface area (Å²) >= 11 is 17.6. The van der Waals surface area contributed by atoms with E-state index in [0.29, 0.717) is 16.5 Å². The lowest BCUT2D eigenvalue weighted by atomic mass is 10.3. The fourth-order valence-corrected chi connectivity index (χ4v) is 3.84. The van der Waals surface area contributed by atoms with E-state index in [1.54, 1.807) is 6.07 Å². The zero-order valence-electron chi connectivity index (χ0n) is 13.7. The number of sulfonamides is 1. The number of hydrogen-bond donors (Lipinski definition) is 2. The molecule has 0 radical (unpaired) electrons. The van der Waals surface area contributed by atoms with Crippen LogP contribution in [0.2, 0.25) is 15.1 Å².